The van der Waals surface area contributed by atoms with Crippen LogP contribution in [0.5, 0.6) is 0 Å². The zero-order valence-corrected chi connectivity index (χ0v) is 15.8. The summed E-state index contributed by atoms with van der Waals surface area (Å²) in [6.45, 7) is 5.04. The maximum Gasteiger partial charge on any atom is 0.337 e. The van der Waals surface area contributed by atoms with E-state index in [2.05, 4.69) is 16.0 Å². The normalized spacial score (nSPS) is 11.3. The van der Waals surface area contributed by atoms with E-state index in [1.165, 1.54) is 14.0 Å². The molecule has 0 bridgehead atoms. The second-order valence-corrected chi connectivity index (χ2v) is 6.14. The van der Waals surface area contributed by atoms with Crippen LogP contribution >= 0.6 is 0 Å². The Hall–Kier alpha value is -3.35. The maximum absolute atomic E-state index is 12.4. The molecule has 0 aliphatic heterocycles. The lowest BCUT2D eigenvalue weighted by atomic mass is 10.1. The fourth-order valence-electron chi connectivity index (χ4n) is 2.41. The van der Waals surface area contributed by atoms with Crippen molar-refractivity contribution in [1.29, 1.82) is 0 Å². The van der Waals surface area contributed by atoms with Gasteiger partial charge in [-0.2, -0.15) is 0 Å². The summed E-state index contributed by atoms with van der Waals surface area (Å²) in [5.41, 5.74) is 3.26. The molecule has 27 heavy (non-hydrogen) atoms. The van der Waals surface area contributed by atoms with Gasteiger partial charge in [0.2, 0.25) is 11.8 Å². The Labute approximate surface area is 158 Å². The van der Waals surface area contributed by atoms with E-state index in [-0.39, 0.29) is 11.8 Å². The van der Waals surface area contributed by atoms with Gasteiger partial charge in [0.15, 0.2) is 0 Å². The first-order valence-electron chi connectivity index (χ1n) is 8.44. The Morgan fingerprint density at radius 3 is 2.11 bits per heavy atom. The van der Waals surface area contributed by atoms with Crippen LogP contribution in [0.1, 0.15) is 29.8 Å². The number of rotatable bonds is 6. The molecular weight excluding hydrogens is 346 g/mol. The highest BCUT2D eigenvalue weighted by Gasteiger charge is 2.15. The standard InChI is InChI=1S/C20H23N3O4/c1-12-5-6-15(20(26)27-4)11-18(12)21-13(2)19(25)23-17-9-7-16(8-10-17)22-14(3)24/h5-11,13,21H,1-4H3,(H,22,24)(H,23,25)/t13-/m0/s1. The van der Waals surface area contributed by atoms with Gasteiger partial charge in [-0.15, -0.1) is 0 Å². The van der Waals surface area contributed by atoms with Crippen LogP contribution in [0.25, 0.3) is 0 Å². The number of carbonyl (C=O) groups is 3. The van der Waals surface area contributed by atoms with E-state index >= 15 is 0 Å². The van der Waals surface area contributed by atoms with Crippen molar-refractivity contribution in [3.8, 4) is 0 Å². The molecule has 0 aromatic heterocycles. The first-order chi connectivity index (χ1) is 12.8. The van der Waals surface area contributed by atoms with Gasteiger partial charge in [0.1, 0.15) is 6.04 Å². The zero-order valence-electron chi connectivity index (χ0n) is 15.8. The van der Waals surface area contributed by atoms with Crippen molar-refractivity contribution in [2.45, 2.75) is 26.8 Å². The summed E-state index contributed by atoms with van der Waals surface area (Å²) in [6.07, 6.45) is 0. The van der Waals surface area contributed by atoms with E-state index in [0.29, 0.717) is 22.6 Å². The molecule has 1 atom stereocenters. The van der Waals surface area contributed by atoms with Crippen molar-refractivity contribution in [2.24, 2.45) is 0 Å². The number of amides is 2. The number of esters is 1. The molecule has 2 aromatic rings. The molecule has 2 rings (SSSR count). The fourth-order valence-corrected chi connectivity index (χ4v) is 2.41. The molecule has 0 saturated heterocycles. The highest BCUT2D eigenvalue weighted by Crippen LogP contribution is 2.19. The van der Waals surface area contributed by atoms with Gasteiger partial charge in [0.05, 0.1) is 12.7 Å². The Balaban J connectivity index is 2.03. The van der Waals surface area contributed by atoms with Crippen LogP contribution in [-0.4, -0.2) is 30.9 Å². The first kappa shape index (κ1) is 20.0. The molecule has 0 aliphatic rings. The third-order valence-electron chi connectivity index (χ3n) is 3.90. The minimum atomic E-state index is -0.536. The van der Waals surface area contributed by atoms with Crippen molar-refractivity contribution in [1.82, 2.24) is 0 Å². The number of ether oxygens (including phenoxy) is 1. The molecule has 0 aliphatic carbocycles. The molecule has 142 valence electrons. The van der Waals surface area contributed by atoms with Gasteiger partial charge in [-0.3, -0.25) is 9.59 Å². The van der Waals surface area contributed by atoms with Gasteiger partial charge in [-0.05, 0) is 55.8 Å². The van der Waals surface area contributed by atoms with Crippen LogP contribution in [0.2, 0.25) is 0 Å². The van der Waals surface area contributed by atoms with Crippen LogP contribution in [0.3, 0.4) is 0 Å². The smallest absolute Gasteiger partial charge is 0.337 e. The van der Waals surface area contributed by atoms with E-state index < -0.39 is 12.0 Å². The van der Waals surface area contributed by atoms with Crippen LogP contribution in [0.4, 0.5) is 17.1 Å². The highest BCUT2D eigenvalue weighted by atomic mass is 16.5. The van der Waals surface area contributed by atoms with Crippen molar-refractivity contribution in [3.05, 3.63) is 53.6 Å². The second-order valence-electron chi connectivity index (χ2n) is 6.14. The first-order valence-corrected chi connectivity index (χ1v) is 8.44. The van der Waals surface area contributed by atoms with E-state index in [9.17, 15) is 14.4 Å². The average molecular weight is 369 g/mol. The molecule has 2 amide bonds. The predicted molar refractivity (Wildman–Crippen MR) is 105 cm³/mol. The summed E-state index contributed by atoms with van der Waals surface area (Å²) in [6, 6.07) is 11.4. The zero-order chi connectivity index (χ0) is 20.0. The molecule has 0 radical (unpaired) electrons. The lowest BCUT2D eigenvalue weighted by Gasteiger charge is -2.17. The van der Waals surface area contributed by atoms with Crippen molar-refractivity contribution < 1.29 is 19.1 Å². The van der Waals surface area contributed by atoms with Crippen LogP contribution < -0.4 is 16.0 Å². The lowest BCUT2D eigenvalue weighted by molar-refractivity contribution is -0.116. The van der Waals surface area contributed by atoms with Gasteiger partial charge in [-0.1, -0.05) is 6.07 Å². The Morgan fingerprint density at radius 2 is 1.56 bits per heavy atom. The Bertz CT molecular complexity index is 847. The third-order valence-corrected chi connectivity index (χ3v) is 3.90. The topological polar surface area (TPSA) is 96.5 Å². The van der Waals surface area contributed by atoms with Crippen molar-refractivity contribution in [2.75, 3.05) is 23.1 Å². The monoisotopic (exact) mass is 369 g/mol. The van der Waals surface area contributed by atoms with Crippen molar-refractivity contribution in [3.63, 3.8) is 0 Å². The van der Waals surface area contributed by atoms with E-state index in [1.807, 2.05) is 6.92 Å². The number of benzene rings is 2. The number of hydrogen-bond donors (Lipinski definition) is 3. The molecule has 0 spiro atoms. The number of carbonyl (C=O) groups excluding carboxylic acids is 3. The average Bonchev–Trinajstić information content (AvgIpc) is 2.63. The maximum atomic E-state index is 12.4. The number of hydrogen-bond acceptors (Lipinski definition) is 5. The van der Waals surface area contributed by atoms with Gasteiger partial charge in [-0.25, -0.2) is 4.79 Å². The molecule has 0 saturated carbocycles. The molecule has 0 unspecified atom stereocenters. The number of nitrogens with one attached hydrogen (secondary N) is 3. The quantitative estimate of drug-likeness (QED) is 0.680. The van der Waals surface area contributed by atoms with Gasteiger partial charge in [0.25, 0.3) is 0 Å². The summed E-state index contributed by atoms with van der Waals surface area (Å²) in [4.78, 5) is 35.1. The van der Waals surface area contributed by atoms with E-state index in [4.69, 9.17) is 4.74 Å². The summed E-state index contributed by atoms with van der Waals surface area (Å²) in [7, 11) is 1.32. The van der Waals surface area contributed by atoms with Gasteiger partial charge in [0, 0.05) is 24.0 Å². The minimum Gasteiger partial charge on any atom is -0.465 e. The van der Waals surface area contributed by atoms with Crippen molar-refractivity contribution >= 4 is 34.8 Å². The third kappa shape index (κ3) is 5.57. The molecule has 0 fully saturated rings. The SMILES string of the molecule is COC(=O)c1ccc(C)c(N[C@@H](C)C(=O)Nc2ccc(NC(C)=O)cc2)c1. The number of aryl methyl sites for hydroxylation is 1. The molecule has 7 nitrogen and oxygen atoms in total. The highest BCUT2D eigenvalue weighted by molar-refractivity contribution is 5.97. The lowest BCUT2D eigenvalue weighted by Crippen LogP contribution is -2.32. The summed E-state index contributed by atoms with van der Waals surface area (Å²) in [5, 5.41) is 8.58. The summed E-state index contributed by atoms with van der Waals surface area (Å²) < 4.78 is 4.72. The number of methoxy groups -OCH3 is 1. The van der Waals surface area contributed by atoms with E-state index in [1.54, 1.807) is 49.4 Å². The van der Waals surface area contributed by atoms with E-state index in [0.717, 1.165) is 5.56 Å². The van der Waals surface area contributed by atoms with Crippen LogP contribution in [-0.2, 0) is 14.3 Å². The number of anilines is 3. The Kier molecular flexibility index (Phi) is 6.54. The molecular formula is C20H23N3O4. The molecule has 7 heteroatoms. The largest absolute Gasteiger partial charge is 0.465 e. The summed E-state index contributed by atoms with van der Waals surface area (Å²) >= 11 is 0. The van der Waals surface area contributed by atoms with Crippen LogP contribution in [0.15, 0.2) is 42.5 Å². The molecule has 0 heterocycles. The fraction of sp³-hybridized carbons (Fsp3) is 0.250. The summed E-state index contributed by atoms with van der Waals surface area (Å²) in [5.74, 6) is -0.825. The molecule has 2 aromatic carbocycles. The van der Waals surface area contributed by atoms with Gasteiger partial charge >= 0.3 is 5.97 Å². The second kappa shape index (κ2) is 8.84. The Morgan fingerprint density at radius 1 is 0.963 bits per heavy atom. The minimum absolute atomic E-state index is 0.158. The molecule has 3 N–H and O–H groups in total. The van der Waals surface area contributed by atoms with Gasteiger partial charge < -0.3 is 20.7 Å². The predicted octanol–water partition coefficient (Wildman–Crippen LogP) is 3.18. The van der Waals surface area contributed by atoms with Crippen LogP contribution in [0, 0.1) is 6.92 Å².